The number of anilines is 1. The molecular weight excluding hydrogens is 383 g/mol. The van der Waals surface area contributed by atoms with Crippen LogP contribution in [0.1, 0.15) is 0 Å². The first kappa shape index (κ1) is 18.6. The predicted octanol–water partition coefficient (Wildman–Crippen LogP) is 4.00. The van der Waals surface area contributed by atoms with Gasteiger partial charge in [0.25, 0.3) is 0 Å². The standard InChI is InChI=1S/C17H6F7NO2/c1-2-3-25-11-5-7(8-4-10(19)14(21)15(22)13(8)20)9(18)6-12(11)27-17(23,24)16(25)26/h1,4-6H,3H2. The fourth-order valence-corrected chi connectivity index (χ4v) is 2.51. The summed E-state index contributed by atoms with van der Waals surface area (Å²) in [5.41, 5.74) is -2.34. The molecule has 0 unspecified atom stereocenters. The van der Waals surface area contributed by atoms with Gasteiger partial charge in [0, 0.05) is 17.2 Å². The van der Waals surface area contributed by atoms with Crippen molar-refractivity contribution in [3.05, 3.63) is 47.3 Å². The lowest BCUT2D eigenvalue weighted by molar-refractivity contribution is -0.192. The Hall–Kier alpha value is -3.22. The minimum atomic E-state index is -4.34. The molecule has 1 aliphatic heterocycles. The molecule has 140 valence electrons. The highest BCUT2D eigenvalue weighted by molar-refractivity contribution is 6.02. The molecule has 2 aromatic carbocycles. The van der Waals surface area contributed by atoms with Crippen LogP contribution in [-0.2, 0) is 4.79 Å². The van der Waals surface area contributed by atoms with Crippen LogP contribution in [-0.4, -0.2) is 18.6 Å². The van der Waals surface area contributed by atoms with Gasteiger partial charge in [0.05, 0.1) is 12.2 Å². The van der Waals surface area contributed by atoms with E-state index in [9.17, 15) is 35.5 Å². The van der Waals surface area contributed by atoms with Gasteiger partial charge in [-0.15, -0.1) is 6.42 Å². The van der Waals surface area contributed by atoms with Crippen molar-refractivity contribution in [2.24, 2.45) is 0 Å². The lowest BCUT2D eigenvalue weighted by Crippen LogP contribution is -2.51. The second kappa shape index (κ2) is 6.19. The van der Waals surface area contributed by atoms with E-state index < -0.39 is 70.2 Å². The number of ether oxygens (including phenoxy) is 1. The SMILES string of the molecule is C#CCN1C(=O)C(F)(F)Oc2cc(F)c(-c3cc(F)c(F)c(F)c3F)cc21. The van der Waals surface area contributed by atoms with Gasteiger partial charge in [-0.1, -0.05) is 5.92 Å². The highest BCUT2D eigenvalue weighted by Crippen LogP contribution is 2.43. The summed E-state index contributed by atoms with van der Waals surface area (Å²) in [6, 6.07) is 1.20. The maximum Gasteiger partial charge on any atom is 0.483 e. The molecule has 0 atom stereocenters. The molecule has 1 aliphatic rings. The summed E-state index contributed by atoms with van der Waals surface area (Å²) in [4.78, 5) is 12.1. The molecule has 0 spiro atoms. The molecule has 3 rings (SSSR count). The first-order valence-electron chi connectivity index (χ1n) is 7.07. The fraction of sp³-hybridized carbons (Fsp3) is 0.118. The van der Waals surface area contributed by atoms with Crippen molar-refractivity contribution in [1.29, 1.82) is 0 Å². The Labute approximate surface area is 147 Å². The zero-order valence-electron chi connectivity index (χ0n) is 12.9. The minimum Gasteiger partial charge on any atom is -0.423 e. The molecule has 0 fully saturated rings. The average Bonchev–Trinajstić information content (AvgIpc) is 2.60. The van der Waals surface area contributed by atoms with E-state index in [2.05, 4.69) is 4.74 Å². The van der Waals surface area contributed by atoms with Crippen molar-refractivity contribution in [1.82, 2.24) is 0 Å². The number of hydrogen-bond acceptors (Lipinski definition) is 2. The summed E-state index contributed by atoms with van der Waals surface area (Å²) >= 11 is 0. The Bertz CT molecular complexity index is 1010. The number of benzene rings is 2. The molecule has 1 heterocycles. The van der Waals surface area contributed by atoms with E-state index in [-0.39, 0.29) is 6.07 Å². The monoisotopic (exact) mass is 389 g/mol. The van der Waals surface area contributed by atoms with Gasteiger partial charge in [0.1, 0.15) is 5.82 Å². The summed E-state index contributed by atoms with van der Waals surface area (Å²) in [5.74, 6) is -10.2. The van der Waals surface area contributed by atoms with E-state index in [0.717, 1.165) is 0 Å². The van der Waals surface area contributed by atoms with Gasteiger partial charge in [-0.25, -0.2) is 22.0 Å². The third-order valence-corrected chi connectivity index (χ3v) is 3.71. The van der Waals surface area contributed by atoms with Gasteiger partial charge >= 0.3 is 12.0 Å². The second-order valence-electron chi connectivity index (χ2n) is 5.36. The predicted molar refractivity (Wildman–Crippen MR) is 78.4 cm³/mol. The molecule has 0 radical (unpaired) electrons. The lowest BCUT2D eigenvalue weighted by atomic mass is 10.0. The summed E-state index contributed by atoms with van der Waals surface area (Å²) in [6.07, 6.45) is 0.686. The molecule has 0 saturated heterocycles. The largest absolute Gasteiger partial charge is 0.483 e. The Kier molecular flexibility index (Phi) is 4.26. The number of nitrogens with zero attached hydrogens (tertiary/aromatic N) is 1. The van der Waals surface area contributed by atoms with Crippen LogP contribution in [0.5, 0.6) is 5.75 Å². The number of terminal acetylenes is 1. The topological polar surface area (TPSA) is 29.5 Å². The number of rotatable bonds is 2. The first-order valence-corrected chi connectivity index (χ1v) is 7.07. The molecule has 0 N–H and O–H groups in total. The van der Waals surface area contributed by atoms with Crippen LogP contribution in [0.25, 0.3) is 11.1 Å². The summed E-state index contributed by atoms with van der Waals surface area (Å²) in [7, 11) is 0. The van der Waals surface area contributed by atoms with E-state index in [1.165, 1.54) is 0 Å². The number of fused-ring (bicyclic) bond motifs is 1. The quantitative estimate of drug-likeness (QED) is 0.336. The Morgan fingerprint density at radius 2 is 1.63 bits per heavy atom. The van der Waals surface area contributed by atoms with E-state index in [1.807, 2.05) is 5.92 Å². The third kappa shape index (κ3) is 2.85. The van der Waals surface area contributed by atoms with Crippen LogP contribution in [0, 0.1) is 41.4 Å². The van der Waals surface area contributed by atoms with Gasteiger partial charge in [0.15, 0.2) is 29.0 Å². The van der Waals surface area contributed by atoms with Crippen molar-refractivity contribution < 1.29 is 40.3 Å². The molecule has 1 amide bonds. The van der Waals surface area contributed by atoms with Crippen LogP contribution < -0.4 is 9.64 Å². The lowest BCUT2D eigenvalue weighted by Gasteiger charge is -2.32. The number of hydrogen-bond donors (Lipinski definition) is 0. The Morgan fingerprint density at radius 3 is 2.26 bits per heavy atom. The Balaban J connectivity index is 2.26. The van der Waals surface area contributed by atoms with Crippen molar-refractivity contribution in [2.75, 3.05) is 11.4 Å². The molecule has 0 aromatic heterocycles. The van der Waals surface area contributed by atoms with Crippen LogP contribution >= 0.6 is 0 Å². The van der Waals surface area contributed by atoms with Gasteiger partial charge in [-0.3, -0.25) is 9.69 Å². The molecular formula is C17H6F7NO2. The highest BCUT2D eigenvalue weighted by Gasteiger charge is 2.50. The maximum atomic E-state index is 14.3. The molecule has 10 heteroatoms. The molecule has 0 aliphatic carbocycles. The second-order valence-corrected chi connectivity index (χ2v) is 5.36. The summed E-state index contributed by atoms with van der Waals surface area (Å²) in [6.45, 7) is -0.676. The number of alkyl halides is 2. The van der Waals surface area contributed by atoms with Crippen LogP contribution in [0.4, 0.5) is 36.4 Å². The van der Waals surface area contributed by atoms with Crippen molar-refractivity contribution in [3.63, 3.8) is 0 Å². The van der Waals surface area contributed by atoms with Crippen molar-refractivity contribution in [3.8, 4) is 29.2 Å². The summed E-state index contributed by atoms with van der Waals surface area (Å²) in [5, 5.41) is 0. The van der Waals surface area contributed by atoms with Crippen LogP contribution in [0.3, 0.4) is 0 Å². The van der Waals surface area contributed by atoms with Gasteiger partial charge in [-0.05, 0) is 12.1 Å². The van der Waals surface area contributed by atoms with Gasteiger partial charge in [-0.2, -0.15) is 8.78 Å². The van der Waals surface area contributed by atoms with E-state index in [1.54, 1.807) is 0 Å². The number of carbonyl (C=O) groups excluding carboxylic acids is 1. The fourth-order valence-electron chi connectivity index (χ4n) is 2.51. The highest BCUT2D eigenvalue weighted by atomic mass is 19.3. The van der Waals surface area contributed by atoms with Gasteiger partial charge in [0.2, 0.25) is 0 Å². The molecule has 2 aromatic rings. The van der Waals surface area contributed by atoms with Crippen LogP contribution in [0.2, 0.25) is 0 Å². The molecule has 0 bridgehead atoms. The van der Waals surface area contributed by atoms with E-state index in [0.29, 0.717) is 17.0 Å². The number of halogens is 7. The number of carbonyl (C=O) groups is 1. The normalized spacial score (nSPS) is 15.2. The van der Waals surface area contributed by atoms with E-state index >= 15 is 0 Å². The zero-order valence-corrected chi connectivity index (χ0v) is 12.9. The summed E-state index contributed by atoms with van der Waals surface area (Å²) < 4.78 is 99.6. The smallest absolute Gasteiger partial charge is 0.423 e. The first-order chi connectivity index (χ1) is 12.6. The third-order valence-electron chi connectivity index (χ3n) is 3.71. The molecule has 27 heavy (non-hydrogen) atoms. The van der Waals surface area contributed by atoms with E-state index in [4.69, 9.17) is 6.42 Å². The van der Waals surface area contributed by atoms with Crippen LogP contribution in [0.15, 0.2) is 18.2 Å². The van der Waals surface area contributed by atoms with Crippen molar-refractivity contribution >= 4 is 11.6 Å². The van der Waals surface area contributed by atoms with Gasteiger partial charge < -0.3 is 4.74 Å². The maximum absolute atomic E-state index is 14.3. The Morgan fingerprint density at radius 1 is 0.963 bits per heavy atom. The zero-order chi connectivity index (χ0) is 20.1. The van der Waals surface area contributed by atoms with Crippen molar-refractivity contribution in [2.45, 2.75) is 6.11 Å². The minimum absolute atomic E-state index is 0.185. The molecule has 3 nitrogen and oxygen atoms in total. The number of amides is 1. The molecule has 0 saturated carbocycles. The average molecular weight is 389 g/mol.